The van der Waals surface area contributed by atoms with Gasteiger partial charge in [0.05, 0.1) is 17.6 Å². The molecule has 0 spiro atoms. The van der Waals surface area contributed by atoms with E-state index in [9.17, 15) is 0 Å². The maximum Gasteiger partial charge on any atom is 0.153 e. The van der Waals surface area contributed by atoms with Crippen LogP contribution in [-0.4, -0.2) is 14.8 Å². The molecular weight excluding hydrogens is 188 g/mol. The van der Waals surface area contributed by atoms with Crippen LogP contribution in [0.1, 0.15) is 24.5 Å². The molecule has 15 heavy (non-hydrogen) atoms. The summed E-state index contributed by atoms with van der Waals surface area (Å²) in [6.07, 6.45) is 6.14. The van der Waals surface area contributed by atoms with E-state index in [0.29, 0.717) is 11.6 Å². The standard InChI is InChI=1S/C11H12N4/c12-9-3-4-11(13-7-9)15-6-5-10(14-15)8-1-2-8/h3-8H,1-2,12H2. The van der Waals surface area contributed by atoms with Crippen molar-refractivity contribution in [2.24, 2.45) is 0 Å². The maximum absolute atomic E-state index is 5.58. The van der Waals surface area contributed by atoms with Crippen molar-refractivity contribution in [3.05, 3.63) is 36.3 Å². The van der Waals surface area contributed by atoms with Crippen LogP contribution in [0.2, 0.25) is 0 Å². The van der Waals surface area contributed by atoms with Gasteiger partial charge < -0.3 is 5.73 Å². The molecule has 1 aliphatic rings. The number of aromatic nitrogens is 3. The zero-order valence-electron chi connectivity index (χ0n) is 8.30. The third-order valence-corrected chi connectivity index (χ3v) is 2.61. The molecule has 0 saturated heterocycles. The third-order valence-electron chi connectivity index (χ3n) is 2.61. The van der Waals surface area contributed by atoms with Crippen molar-refractivity contribution in [3.63, 3.8) is 0 Å². The molecule has 1 saturated carbocycles. The lowest BCUT2D eigenvalue weighted by Crippen LogP contribution is -1.99. The molecular formula is C11H12N4. The lowest BCUT2D eigenvalue weighted by Gasteiger charge is -1.99. The number of pyridine rings is 1. The van der Waals surface area contributed by atoms with E-state index in [1.807, 2.05) is 18.3 Å². The lowest BCUT2D eigenvalue weighted by molar-refractivity contribution is 0.813. The smallest absolute Gasteiger partial charge is 0.153 e. The van der Waals surface area contributed by atoms with Gasteiger partial charge in [0.25, 0.3) is 0 Å². The van der Waals surface area contributed by atoms with Crippen LogP contribution in [-0.2, 0) is 0 Å². The molecule has 2 aromatic heterocycles. The highest BCUT2D eigenvalue weighted by atomic mass is 15.3. The SMILES string of the molecule is Nc1ccc(-n2ccc(C3CC3)n2)nc1. The first-order chi connectivity index (χ1) is 7.33. The van der Waals surface area contributed by atoms with Crippen LogP contribution in [0, 0.1) is 0 Å². The summed E-state index contributed by atoms with van der Waals surface area (Å²) in [4.78, 5) is 4.22. The zero-order chi connectivity index (χ0) is 10.3. The van der Waals surface area contributed by atoms with Crippen molar-refractivity contribution < 1.29 is 0 Å². The number of nitrogens with two attached hydrogens (primary N) is 1. The molecule has 0 aliphatic heterocycles. The molecule has 2 N–H and O–H groups in total. The van der Waals surface area contributed by atoms with Crippen LogP contribution in [0.4, 0.5) is 5.69 Å². The van der Waals surface area contributed by atoms with Crippen LogP contribution in [0.25, 0.3) is 5.82 Å². The van der Waals surface area contributed by atoms with Crippen molar-refractivity contribution in [1.29, 1.82) is 0 Å². The second-order valence-electron chi connectivity index (χ2n) is 3.91. The average Bonchev–Trinajstić information content (AvgIpc) is 2.99. The molecule has 4 nitrogen and oxygen atoms in total. The highest BCUT2D eigenvalue weighted by Crippen LogP contribution is 2.38. The Morgan fingerprint density at radius 3 is 2.80 bits per heavy atom. The summed E-state index contributed by atoms with van der Waals surface area (Å²) < 4.78 is 1.80. The van der Waals surface area contributed by atoms with E-state index >= 15 is 0 Å². The Bertz CT molecular complexity index is 468. The minimum absolute atomic E-state index is 0.674. The Labute approximate surface area is 87.7 Å². The quantitative estimate of drug-likeness (QED) is 0.803. The molecule has 0 atom stereocenters. The molecule has 0 unspecified atom stereocenters. The van der Waals surface area contributed by atoms with Gasteiger partial charge in [-0.05, 0) is 31.0 Å². The van der Waals surface area contributed by atoms with Gasteiger partial charge in [-0.2, -0.15) is 5.10 Å². The second-order valence-corrected chi connectivity index (χ2v) is 3.91. The van der Waals surface area contributed by atoms with Gasteiger partial charge in [0.1, 0.15) is 0 Å². The summed E-state index contributed by atoms with van der Waals surface area (Å²) in [5, 5.41) is 4.49. The van der Waals surface area contributed by atoms with E-state index in [2.05, 4.69) is 16.1 Å². The lowest BCUT2D eigenvalue weighted by atomic mass is 10.3. The minimum Gasteiger partial charge on any atom is -0.397 e. The van der Waals surface area contributed by atoms with E-state index in [1.165, 1.54) is 18.5 Å². The van der Waals surface area contributed by atoms with E-state index in [4.69, 9.17) is 5.73 Å². The molecule has 1 aliphatic carbocycles. The van der Waals surface area contributed by atoms with Gasteiger partial charge >= 0.3 is 0 Å². The third kappa shape index (κ3) is 1.58. The highest BCUT2D eigenvalue weighted by Gasteiger charge is 2.25. The van der Waals surface area contributed by atoms with Gasteiger partial charge in [0, 0.05) is 12.1 Å². The first-order valence-corrected chi connectivity index (χ1v) is 5.10. The van der Waals surface area contributed by atoms with Gasteiger partial charge in [-0.25, -0.2) is 9.67 Å². The number of rotatable bonds is 2. The summed E-state index contributed by atoms with van der Waals surface area (Å²) in [5.74, 6) is 1.50. The van der Waals surface area contributed by atoms with Crippen molar-refractivity contribution in [2.45, 2.75) is 18.8 Å². The molecule has 4 heteroatoms. The first kappa shape index (κ1) is 8.47. The first-order valence-electron chi connectivity index (χ1n) is 5.10. The number of anilines is 1. The zero-order valence-corrected chi connectivity index (χ0v) is 8.30. The molecule has 76 valence electrons. The molecule has 0 aromatic carbocycles. The Morgan fingerprint density at radius 2 is 2.13 bits per heavy atom. The molecule has 0 amide bonds. The summed E-state index contributed by atoms with van der Waals surface area (Å²) in [7, 11) is 0. The fourth-order valence-electron chi connectivity index (χ4n) is 1.60. The molecule has 2 heterocycles. The molecule has 0 radical (unpaired) electrons. The van der Waals surface area contributed by atoms with Crippen LogP contribution >= 0.6 is 0 Å². The molecule has 0 bridgehead atoms. The van der Waals surface area contributed by atoms with Gasteiger partial charge in [-0.3, -0.25) is 0 Å². The molecule has 1 fully saturated rings. The van der Waals surface area contributed by atoms with Crippen molar-refractivity contribution >= 4 is 5.69 Å². The van der Waals surface area contributed by atoms with Crippen molar-refractivity contribution in [1.82, 2.24) is 14.8 Å². The monoisotopic (exact) mass is 200 g/mol. The Kier molecular flexibility index (Phi) is 1.74. The van der Waals surface area contributed by atoms with E-state index in [1.54, 1.807) is 10.9 Å². The van der Waals surface area contributed by atoms with Crippen LogP contribution in [0.15, 0.2) is 30.6 Å². The summed E-state index contributed by atoms with van der Waals surface area (Å²) >= 11 is 0. The van der Waals surface area contributed by atoms with Gasteiger partial charge in [0.15, 0.2) is 5.82 Å². The summed E-state index contributed by atoms with van der Waals surface area (Å²) in [6.45, 7) is 0. The Morgan fingerprint density at radius 1 is 1.27 bits per heavy atom. The van der Waals surface area contributed by atoms with Gasteiger partial charge in [-0.1, -0.05) is 0 Å². The highest BCUT2D eigenvalue weighted by molar-refractivity contribution is 5.38. The fraction of sp³-hybridized carbons (Fsp3) is 0.273. The molecule has 2 aromatic rings. The Hall–Kier alpha value is -1.84. The van der Waals surface area contributed by atoms with Gasteiger partial charge in [0.2, 0.25) is 0 Å². The van der Waals surface area contributed by atoms with Crippen LogP contribution in [0.3, 0.4) is 0 Å². The van der Waals surface area contributed by atoms with E-state index < -0.39 is 0 Å². The topological polar surface area (TPSA) is 56.7 Å². The minimum atomic E-state index is 0.674. The average molecular weight is 200 g/mol. The molecule has 3 rings (SSSR count). The number of nitrogen functional groups attached to an aromatic ring is 1. The largest absolute Gasteiger partial charge is 0.397 e. The normalized spacial score (nSPS) is 15.5. The van der Waals surface area contributed by atoms with Crippen LogP contribution in [0.5, 0.6) is 0 Å². The van der Waals surface area contributed by atoms with E-state index in [-0.39, 0.29) is 0 Å². The predicted octanol–water partition coefficient (Wildman–Crippen LogP) is 1.73. The maximum atomic E-state index is 5.58. The van der Waals surface area contributed by atoms with Crippen LogP contribution < -0.4 is 5.73 Å². The Balaban J connectivity index is 1.93. The number of nitrogens with zero attached hydrogens (tertiary/aromatic N) is 3. The second kappa shape index (κ2) is 3.08. The number of hydrogen-bond donors (Lipinski definition) is 1. The summed E-state index contributed by atoms with van der Waals surface area (Å²) in [5.41, 5.74) is 7.43. The van der Waals surface area contributed by atoms with Crippen molar-refractivity contribution in [2.75, 3.05) is 5.73 Å². The van der Waals surface area contributed by atoms with Gasteiger partial charge in [-0.15, -0.1) is 0 Å². The van der Waals surface area contributed by atoms with Crippen molar-refractivity contribution in [3.8, 4) is 5.82 Å². The number of hydrogen-bond acceptors (Lipinski definition) is 3. The summed E-state index contributed by atoms with van der Waals surface area (Å²) in [6, 6.07) is 5.77. The predicted molar refractivity (Wildman–Crippen MR) is 57.7 cm³/mol. The fourth-order valence-corrected chi connectivity index (χ4v) is 1.60. The van der Waals surface area contributed by atoms with E-state index in [0.717, 1.165) is 5.82 Å².